The first-order valence-electron chi connectivity index (χ1n) is 8.71. The summed E-state index contributed by atoms with van der Waals surface area (Å²) in [5, 5.41) is 16.8. The third-order valence-corrected chi connectivity index (χ3v) is 5.67. The molecule has 0 bridgehead atoms. The number of aromatic nitrogens is 4. The monoisotopic (exact) mass is 381 g/mol. The van der Waals surface area contributed by atoms with Gasteiger partial charge in [0.05, 0.1) is 10.8 Å². The molecule has 27 heavy (non-hydrogen) atoms. The van der Waals surface area contributed by atoms with Crippen LogP contribution in [0, 0.1) is 13.8 Å². The van der Waals surface area contributed by atoms with Gasteiger partial charge < -0.3 is 9.84 Å². The van der Waals surface area contributed by atoms with Crippen molar-refractivity contribution in [2.75, 3.05) is 5.32 Å². The molecule has 1 N–H and O–H groups in total. The number of anilines is 1. The summed E-state index contributed by atoms with van der Waals surface area (Å²) in [5.41, 5.74) is 2.95. The summed E-state index contributed by atoms with van der Waals surface area (Å²) in [6.45, 7) is 5.81. The van der Waals surface area contributed by atoms with Crippen LogP contribution in [-0.4, -0.2) is 30.9 Å². The first-order chi connectivity index (χ1) is 13.1. The van der Waals surface area contributed by atoms with Crippen molar-refractivity contribution in [3.05, 3.63) is 47.7 Å². The van der Waals surface area contributed by atoms with Gasteiger partial charge in [-0.2, -0.15) is 0 Å². The van der Waals surface area contributed by atoms with Crippen molar-refractivity contribution >= 4 is 40.0 Å². The van der Waals surface area contributed by atoms with Crippen LogP contribution in [0.15, 0.2) is 46.1 Å². The van der Waals surface area contributed by atoms with Gasteiger partial charge in [-0.15, -0.1) is 10.2 Å². The van der Waals surface area contributed by atoms with Crippen molar-refractivity contribution < 1.29 is 9.32 Å². The third-order valence-electron chi connectivity index (χ3n) is 4.36. The summed E-state index contributed by atoms with van der Waals surface area (Å²) in [7, 11) is 0. The number of nitrogens with zero attached hydrogens (tertiary/aromatic N) is 4. The van der Waals surface area contributed by atoms with Gasteiger partial charge in [0.25, 0.3) is 0 Å². The average molecular weight is 381 g/mol. The highest BCUT2D eigenvalue weighted by Gasteiger charge is 2.22. The highest BCUT2D eigenvalue weighted by Crippen LogP contribution is 2.29. The van der Waals surface area contributed by atoms with Crippen LogP contribution in [0.2, 0.25) is 0 Å². The number of amides is 1. The molecule has 0 saturated heterocycles. The second-order valence-corrected chi connectivity index (χ2v) is 7.52. The lowest BCUT2D eigenvalue weighted by Gasteiger charge is -2.13. The van der Waals surface area contributed by atoms with Crippen molar-refractivity contribution in [2.24, 2.45) is 0 Å². The Balaban J connectivity index is 1.67. The van der Waals surface area contributed by atoms with E-state index in [1.807, 2.05) is 35.6 Å². The number of benzene rings is 1. The van der Waals surface area contributed by atoms with Gasteiger partial charge >= 0.3 is 0 Å². The van der Waals surface area contributed by atoms with Gasteiger partial charge in [-0.3, -0.25) is 9.20 Å². The SMILES string of the molecule is CC[C@H](Sc1nnc2cc(C)c3ccccc3n12)C(=O)Nc1cc(C)on1. The molecular weight excluding hydrogens is 362 g/mol. The summed E-state index contributed by atoms with van der Waals surface area (Å²) in [5.74, 6) is 0.934. The molecular formula is C19H19N5O2S. The lowest BCUT2D eigenvalue weighted by molar-refractivity contribution is -0.115. The van der Waals surface area contributed by atoms with Gasteiger partial charge in [-0.1, -0.05) is 42.0 Å². The maximum atomic E-state index is 12.7. The van der Waals surface area contributed by atoms with Crippen molar-refractivity contribution in [1.82, 2.24) is 19.8 Å². The molecule has 0 aliphatic heterocycles. The second kappa shape index (κ2) is 7.03. The summed E-state index contributed by atoms with van der Waals surface area (Å²) >= 11 is 1.40. The first-order valence-corrected chi connectivity index (χ1v) is 9.59. The molecule has 0 saturated carbocycles. The minimum absolute atomic E-state index is 0.135. The fraction of sp³-hybridized carbons (Fsp3) is 0.263. The Bertz CT molecular complexity index is 1130. The molecule has 0 aliphatic rings. The number of rotatable bonds is 5. The molecule has 0 fully saturated rings. The number of hydrogen-bond acceptors (Lipinski definition) is 6. The van der Waals surface area contributed by atoms with E-state index < -0.39 is 0 Å². The standard InChI is InChI=1S/C19H19N5O2S/c1-4-15(18(25)20-16-10-12(3)26-23-16)27-19-22-21-17-9-11(2)13-7-5-6-8-14(13)24(17)19/h5-10,15H,4H2,1-3H3,(H,20,23,25)/t15-/m0/s1. The van der Waals surface area contributed by atoms with Crippen LogP contribution in [0.4, 0.5) is 5.82 Å². The Labute approximate surface area is 160 Å². The average Bonchev–Trinajstić information content (AvgIpc) is 3.25. The minimum atomic E-state index is -0.325. The van der Waals surface area contributed by atoms with Crippen LogP contribution in [0.5, 0.6) is 0 Å². The van der Waals surface area contributed by atoms with E-state index in [4.69, 9.17) is 4.52 Å². The van der Waals surface area contributed by atoms with E-state index >= 15 is 0 Å². The molecule has 1 aromatic carbocycles. The fourth-order valence-corrected chi connectivity index (χ4v) is 4.00. The molecule has 0 spiro atoms. The summed E-state index contributed by atoms with van der Waals surface area (Å²) < 4.78 is 7.01. The molecule has 0 radical (unpaired) electrons. The molecule has 3 heterocycles. The number of nitrogens with one attached hydrogen (secondary N) is 1. The topological polar surface area (TPSA) is 85.3 Å². The summed E-state index contributed by atoms with van der Waals surface area (Å²) in [6, 6.07) is 11.8. The largest absolute Gasteiger partial charge is 0.360 e. The van der Waals surface area contributed by atoms with Crippen LogP contribution in [-0.2, 0) is 4.79 Å². The number of pyridine rings is 1. The number of carbonyl (C=O) groups excluding carboxylic acids is 1. The third kappa shape index (κ3) is 3.28. The number of hydrogen-bond donors (Lipinski definition) is 1. The predicted molar refractivity (Wildman–Crippen MR) is 105 cm³/mol. The molecule has 7 nitrogen and oxygen atoms in total. The van der Waals surface area contributed by atoms with Gasteiger partial charge in [-0.25, -0.2) is 0 Å². The van der Waals surface area contributed by atoms with Gasteiger partial charge in [0.1, 0.15) is 5.76 Å². The Hall–Kier alpha value is -2.87. The maximum Gasteiger partial charge on any atom is 0.239 e. The van der Waals surface area contributed by atoms with Crippen molar-refractivity contribution in [3.8, 4) is 0 Å². The zero-order valence-electron chi connectivity index (χ0n) is 15.3. The second-order valence-electron chi connectivity index (χ2n) is 6.35. The van der Waals surface area contributed by atoms with Crippen molar-refractivity contribution in [1.29, 1.82) is 0 Å². The molecule has 3 aromatic heterocycles. The van der Waals surface area contributed by atoms with Gasteiger partial charge in [-0.05, 0) is 38.0 Å². The number of carbonyl (C=O) groups is 1. The molecule has 4 aromatic rings. The summed E-state index contributed by atoms with van der Waals surface area (Å²) in [4.78, 5) is 12.7. The lowest BCUT2D eigenvalue weighted by atomic mass is 10.1. The Morgan fingerprint density at radius 2 is 2.07 bits per heavy atom. The lowest BCUT2D eigenvalue weighted by Crippen LogP contribution is -2.25. The first kappa shape index (κ1) is 17.5. The van der Waals surface area contributed by atoms with Crippen LogP contribution in [0.3, 0.4) is 0 Å². The van der Waals surface area contributed by atoms with E-state index in [0.717, 1.165) is 22.1 Å². The van der Waals surface area contributed by atoms with E-state index in [-0.39, 0.29) is 11.2 Å². The Kier molecular flexibility index (Phi) is 4.57. The van der Waals surface area contributed by atoms with Gasteiger partial charge in [0.15, 0.2) is 16.6 Å². The van der Waals surface area contributed by atoms with E-state index in [0.29, 0.717) is 23.2 Å². The van der Waals surface area contributed by atoms with Crippen molar-refractivity contribution in [2.45, 2.75) is 37.6 Å². The number of para-hydroxylation sites is 1. The quantitative estimate of drug-likeness (QED) is 0.526. The van der Waals surface area contributed by atoms with Crippen LogP contribution in [0.1, 0.15) is 24.7 Å². The molecule has 1 atom stereocenters. The highest BCUT2D eigenvalue weighted by molar-refractivity contribution is 8.00. The fourth-order valence-electron chi connectivity index (χ4n) is 3.03. The highest BCUT2D eigenvalue weighted by atomic mass is 32.2. The normalized spacial score (nSPS) is 12.6. The number of aryl methyl sites for hydroxylation is 2. The van der Waals surface area contributed by atoms with Gasteiger partial charge in [0.2, 0.25) is 5.91 Å². The summed E-state index contributed by atoms with van der Waals surface area (Å²) in [6.07, 6.45) is 0.645. The van der Waals surface area contributed by atoms with E-state index in [9.17, 15) is 4.79 Å². The van der Waals surface area contributed by atoms with Crippen LogP contribution < -0.4 is 5.32 Å². The molecule has 4 rings (SSSR count). The molecule has 1 amide bonds. The van der Waals surface area contributed by atoms with E-state index in [1.54, 1.807) is 13.0 Å². The number of fused-ring (bicyclic) bond motifs is 3. The van der Waals surface area contributed by atoms with Crippen LogP contribution >= 0.6 is 11.8 Å². The van der Waals surface area contributed by atoms with Crippen molar-refractivity contribution in [3.63, 3.8) is 0 Å². The molecule has 0 unspecified atom stereocenters. The maximum absolute atomic E-state index is 12.7. The molecule has 8 heteroatoms. The predicted octanol–water partition coefficient (Wildman–Crippen LogP) is 4.00. The van der Waals surface area contributed by atoms with E-state index in [2.05, 4.69) is 33.7 Å². The zero-order valence-corrected chi connectivity index (χ0v) is 16.1. The van der Waals surface area contributed by atoms with E-state index in [1.165, 1.54) is 11.8 Å². The zero-order chi connectivity index (χ0) is 19.0. The number of thioether (sulfide) groups is 1. The minimum Gasteiger partial charge on any atom is -0.360 e. The Morgan fingerprint density at radius 3 is 2.81 bits per heavy atom. The van der Waals surface area contributed by atoms with Crippen LogP contribution in [0.25, 0.3) is 16.6 Å². The van der Waals surface area contributed by atoms with Gasteiger partial charge in [0, 0.05) is 11.5 Å². The Morgan fingerprint density at radius 1 is 1.26 bits per heavy atom. The smallest absolute Gasteiger partial charge is 0.239 e. The molecule has 138 valence electrons. The molecule has 0 aliphatic carbocycles.